The lowest BCUT2D eigenvalue weighted by molar-refractivity contribution is 0.0928. The van der Waals surface area contributed by atoms with Crippen LogP contribution in [0.5, 0.6) is 5.75 Å². The van der Waals surface area contributed by atoms with Gasteiger partial charge in [0.15, 0.2) is 11.6 Å². The molecule has 3 heterocycles. The molecule has 1 atom stereocenters. The van der Waals surface area contributed by atoms with E-state index in [0.717, 1.165) is 29.1 Å². The summed E-state index contributed by atoms with van der Waals surface area (Å²) in [4.78, 5) is 21.2. The summed E-state index contributed by atoms with van der Waals surface area (Å²) in [7, 11) is 0. The molecule has 0 unspecified atom stereocenters. The van der Waals surface area contributed by atoms with Crippen molar-refractivity contribution in [3.05, 3.63) is 58.6 Å². The number of aromatic nitrogens is 4. The van der Waals surface area contributed by atoms with Gasteiger partial charge in [-0.05, 0) is 44.4 Å². The highest BCUT2D eigenvalue weighted by Crippen LogP contribution is 2.35. The summed E-state index contributed by atoms with van der Waals surface area (Å²) >= 11 is 0. The van der Waals surface area contributed by atoms with Crippen LogP contribution in [0.25, 0.3) is 11.3 Å². The minimum atomic E-state index is -0.435. The summed E-state index contributed by atoms with van der Waals surface area (Å²) in [5.74, 6) is -0.0105. The van der Waals surface area contributed by atoms with Gasteiger partial charge in [0.25, 0.3) is 5.91 Å². The summed E-state index contributed by atoms with van der Waals surface area (Å²) in [6, 6.07) is 5.08. The molecule has 1 aliphatic heterocycles. The summed E-state index contributed by atoms with van der Waals surface area (Å²) in [6.07, 6.45) is 2.67. The van der Waals surface area contributed by atoms with Crippen LogP contribution in [0.2, 0.25) is 0 Å². The lowest BCUT2D eigenvalue weighted by atomic mass is 10.0. The number of hydrogen-bond donors (Lipinski definition) is 2. The Morgan fingerprint density at radius 1 is 1.32 bits per heavy atom. The number of H-pyrrole nitrogens is 1. The van der Waals surface area contributed by atoms with E-state index in [1.165, 1.54) is 6.07 Å². The van der Waals surface area contributed by atoms with Gasteiger partial charge in [-0.25, -0.2) is 9.37 Å². The van der Waals surface area contributed by atoms with Gasteiger partial charge in [0.2, 0.25) is 0 Å². The van der Waals surface area contributed by atoms with Crippen LogP contribution in [0.1, 0.15) is 47.0 Å². The number of carbonyl (C=O) groups is 1. The fourth-order valence-electron chi connectivity index (χ4n) is 3.77. The van der Waals surface area contributed by atoms with Crippen LogP contribution >= 0.6 is 0 Å². The standard InChI is InChI=1S/C23H26FN5O2/c1-12(2)5-17-9-20(29-28-17)23(30)26-11-18-7-16-6-15(8-19(24)22(16)31-18)21-14(4)25-10-13(3)27-21/h6,8-10,12,18H,5,7,11H2,1-4H3,(H,26,30)(H,28,29)/t18-/m0/s1. The maximum atomic E-state index is 14.7. The molecule has 3 aromatic rings. The third-order valence-electron chi connectivity index (χ3n) is 5.18. The Balaban J connectivity index is 1.43. The van der Waals surface area contributed by atoms with Gasteiger partial charge >= 0.3 is 0 Å². The third-order valence-corrected chi connectivity index (χ3v) is 5.18. The van der Waals surface area contributed by atoms with E-state index in [2.05, 4.69) is 39.3 Å². The highest BCUT2D eigenvalue weighted by atomic mass is 19.1. The molecule has 8 heteroatoms. The van der Waals surface area contributed by atoms with Gasteiger partial charge < -0.3 is 10.1 Å². The van der Waals surface area contributed by atoms with Crippen molar-refractivity contribution in [1.82, 2.24) is 25.5 Å². The lowest BCUT2D eigenvalue weighted by Crippen LogP contribution is -2.34. The summed E-state index contributed by atoms with van der Waals surface area (Å²) in [5, 5.41) is 9.81. The Kier molecular flexibility index (Phi) is 5.71. The number of ether oxygens (including phenoxy) is 1. The van der Waals surface area contributed by atoms with Crippen molar-refractivity contribution in [3.8, 4) is 17.0 Å². The largest absolute Gasteiger partial charge is 0.485 e. The molecule has 0 saturated heterocycles. The maximum Gasteiger partial charge on any atom is 0.271 e. The highest BCUT2D eigenvalue weighted by molar-refractivity contribution is 5.92. The topological polar surface area (TPSA) is 92.8 Å². The van der Waals surface area contributed by atoms with Gasteiger partial charge in [-0.15, -0.1) is 0 Å². The average molecular weight is 423 g/mol. The number of carbonyl (C=O) groups excluding carboxylic acids is 1. The number of nitrogens with one attached hydrogen (secondary N) is 2. The van der Waals surface area contributed by atoms with Crippen LogP contribution in [0.4, 0.5) is 4.39 Å². The van der Waals surface area contributed by atoms with E-state index in [0.29, 0.717) is 29.3 Å². The van der Waals surface area contributed by atoms with Gasteiger partial charge in [0.05, 0.1) is 23.6 Å². The normalized spacial score (nSPS) is 15.1. The molecule has 2 aromatic heterocycles. The van der Waals surface area contributed by atoms with Crippen LogP contribution in [0.3, 0.4) is 0 Å². The number of fused-ring (bicyclic) bond motifs is 1. The molecule has 0 radical (unpaired) electrons. The first kappa shape index (κ1) is 21.0. The number of aryl methyl sites for hydroxylation is 2. The predicted molar refractivity (Wildman–Crippen MR) is 114 cm³/mol. The number of benzene rings is 1. The first-order valence-corrected chi connectivity index (χ1v) is 10.4. The molecule has 0 fully saturated rings. The van der Waals surface area contributed by atoms with E-state index >= 15 is 0 Å². The lowest BCUT2D eigenvalue weighted by Gasteiger charge is -2.11. The highest BCUT2D eigenvalue weighted by Gasteiger charge is 2.28. The Morgan fingerprint density at radius 2 is 2.13 bits per heavy atom. The Morgan fingerprint density at radius 3 is 2.90 bits per heavy atom. The molecular weight excluding hydrogens is 397 g/mol. The van der Waals surface area contributed by atoms with Crippen LogP contribution < -0.4 is 10.1 Å². The fraction of sp³-hybridized carbons (Fsp3) is 0.391. The van der Waals surface area contributed by atoms with E-state index in [4.69, 9.17) is 4.74 Å². The van der Waals surface area contributed by atoms with Crippen molar-refractivity contribution in [1.29, 1.82) is 0 Å². The summed E-state index contributed by atoms with van der Waals surface area (Å²) < 4.78 is 20.5. The molecule has 1 aliphatic rings. The van der Waals surface area contributed by atoms with Crippen LogP contribution in [-0.2, 0) is 12.8 Å². The molecular formula is C23H26FN5O2. The molecule has 0 spiro atoms. The second kappa shape index (κ2) is 8.45. The van der Waals surface area contributed by atoms with Crippen molar-refractivity contribution < 1.29 is 13.9 Å². The van der Waals surface area contributed by atoms with Gasteiger partial charge in [-0.3, -0.25) is 14.9 Å². The van der Waals surface area contributed by atoms with Gasteiger partial charge in [-0.2, -0.15) is 5.10 Å². The molecule has 0 aliphatic carbocycles. The first-order valence-electron chi connectivity index (χ1n) is 10.4. The number of rotatable bonds is 6. The number of hydrogen-bond acceptors (Lipinski definition) is 5. The SMILES string of the molecule is Cc1cnc(C)c(-c2cc(F)c3c(c2)C[C@@H](CNC(=O)c2cc(CC(C)C)[nH]n2)O3)n1. The minimum absolute atomic E-state index is 0.236. The first-order chi connectivity index (χ1) is 14.8. The third kappa shape index (κ3) is 4.57. The number of nitrogens with zero attached hydrogens (tertiary/aromatic N) is 3. The van der Waals surface area contributed by atoms with Crippen molar-refractivity contribution in [2.24, 2.45) is 5.92 Å². The van der Waals surface area contributed by atoms with Gasteiger partial charge in [0, 0.05) is 29.4 Å². The second-order valence-corrected chi connectivity index (χ2v) is 8.42. The Hall–Kier alpha value is -3.29. The molecule has 0 saturated carbocycles. The van der Waals surface area contributed by atoms with E-state index in [9.17, 15) is 9.18 Å². The molecule has 162 valence electrons. The smallest absolute Gasteiger partial charge is 0.271 e. The van der Waals surface area contributed by atoms with Gasteiger partial charge in [0.1, 0.15) is 11.8 Å². The maximum absolute atomic E-state index is 14.7. The molecule has 0 bridgehead atoms. The molecule has 1 aromatic carbocycles. The minimum Gasteiger partial charge on any atom is -0.485 e. The van der Waals surface area contributed by atoms with Gasteiger partial charge in [-0.1, -0.05) is 13.8 Å². The average Bonchev–Trinajstić information content (AvgIpc) is 3.34. The number of aromatic amines is 1. The Labute approximate surface area is 180 Å². The quantitative estimate of drug-likeness (QED) is 0.632. The van der Waals surface area contributed by atoms with Crippen LogP contribution in [-0.4, -0.2) is 38.7 Å². The monoisotopic (exact) mass is 423 g/mol. The summed E-state index contributed by atoms with van der Waals surface area (Å²) in [5.41, 5.74) is 4.87. The van der Waals surface area contributed by atoms with Crippen molar-refractivity contribution in [2.45, 2.75) is 46.6 Å². The van der Waals surface area contributed by atoms with E-state index in [-0.39, 0.29) is 24.3 Å². The molecule has 4 rings (SSSR count). The summed E-state index contributed by atoms with van der Waals surface area (Å²) in [6.45, 7) is 8.17. The zero-order chi connectivity index (χ0) is 22.1. The zero-order valence-electron chi connectivity index (χ0n) is 18.1. The van der Waals surface area contributed by atoms with Crippen molar-refractivity contribution in [2.75, 3.05) is 6.54 Å². The van der Waals surface area contributed by atoms with Crippen LogP contribution in [0, 0.1) is 25.6 Å². The van der Waals surface area contributed by atoms with E-state index < -0.39 is 5.82 Å². The van der Waals surface area contributed by atoms with Crippen LogP contribution in [0.15, 0.2) is 24.4 Å². The van der Waals surface area contributed by atoms with E-state index in [1.807, 2.05) is 19.9 Å². The van der Waals surface area contributed by atoms with Crippen molar-refractivity contribution in [3.63, 3.8) is 0 Å². The Bertz CT molecular complexity index is 1130. The molecule has 7 nitrogen and oxygen atoms in total. The number of amides is 1. The predicted octanol–water partition coefficient (Wildman–Crippen LogP) is 3.55. The zero-order valence-corrected chi connectivity index (χ0v) is 18.1. The molecule has 1 amide bonds. The second-order valence-electron chi connectivity index (χ2n) is 8.42. The fourth-order valence-corrected chi connectivity index (χ4v) is 3.77. The number of halogens is 1. The van der Waals surface area contributed by atoms with Crippen molar-refractivity contribution >= 4 is 5.91 Å². The van der Waals surface area contributed by atoms with E-state index in [1.54, 1.807) is 12.3 Å². The molecule has 2 N–H and O–H groups in total. The molecule has 31 heavy (non-hydrogen) atoms.